The van der Waals surface area contributed by atoms with Gasteiger partial charge in [0, 0.05) is 6.61 Å². The van der Waals surface area contributed by atoms with Crippen LogP contribution in [0.5, 0.6) is 0 Å². The first kappa shape index (κ1) is 24.0. The molecule has 0 amide bonds. The lowest BCUT2D eigenvalue weighted by molar-refractivity contribution is -0.0923. The molecular weight excluding hydrogens is 408 g/mol. The first-order valence-electron chi connectivity index (χ1n) is 11.5. The second kappa shape index (κ2) is 10.3. The van der Waals surface area contributed by atoms with Crippen LogP contribution >= 0.6 is 0 Å². The Labute approximate surface area is 188 Å². The van der Waals surface area contributed by atoms with E-state index in [1.807, 2.05) is 6.92 Å². The molecule has 0 radical (unpaired) electrons. The summed E-state index contributed by atoms with van der Waals surface area (Å²) in [5.74, 6) is 0. The summed E-state index contributed by atoms with van der Waals surface area (Å²) in [6.07, 6.45) is 5.63. The Morgan fingerprint density at radius 1 is 1.00 bits per heavy atom. The Morgan fingerprint density at radius 2 is 1.68 bits per heavy atom. The van der Waals surface area contributed by atoms with E-state index in [1.54, 1.807) is 24.3 Å². The molecule has 3 rings (SSSR count). The molecule has 0 N–H and O–H groups in total. The van der Waals surface area contributed by atoms with Gasteiger partial charge < -0.3 is 4.74 Å². The number of rotatable bonds is 9. The minimum atomic E-state index is -3.76. The maximum Gasteiger partial charge on any atom is 0.297 e. The van der Waals surface area contributed by atoms with Crippen LogP contribution in [0.4, 0.5) is 0 Å². The normalized spacial score (nSPS) is 21.9. The molecule has 2 aromatic carbocycles. The zero-order valence-corrected chi connectivity index (χ0v) is 20.1. The Morgan fingerprint density at radius 3 is 2.29 bits per heavy atom. The fraction of sp³-hybridized carbons (Fsp3) is 0.538. The highest BCUT2D eigenvalue weighted by Crippen LogP contribution is 2.43. The first-order valence-corrected chi connectivity index (χ1v) is 12.9. The number of ether oxygens (including phenoxy) is 1. The van der Waals surface area contributed by atoms with Gasteiger partial charge in [0.2, 0.25) is 0 Å². The summed E-state index contributed by atoms with van der Waals surface area (Å²) in [6.45, 7) is 9.13. The van der Waals surface area contributed by atoms with Gasteiger partial charge >= 0.3 is 0 Å². The first-order chi connectivity index (χ1) is 14.8. The molecule has 0 saturated heterocycles. The van der Waals surface area contributed by atoms with Crippen LogP contribution in [0.2, 0.25) is 0 Å². The van der Waals surface area contributed by atoms with Crippen molar-refractivity contribution in [3.63, 3.8) is 0 Å². The molecule has 1 aliphatic carbocycles. The van der Waals surface area contributed by atoms with Gasteiger partial charge in [-0.2, -0.15) is 8.42 Å². The number of hydrogen-bond donors (Lipinski definition) is 0. The number of unbranched alkanes of at least 4 members (excludes halogenated alkanes) is 1. The highest BCUT2D eigenvalue weighted by atomic mass is 32.2. The monoisotopic (exact) mass is 444 g/mol. The van der Waals surface area contributed by atoms with E-state index in [1.165, 1.54) is 16.7 Å². The SMILES string of the molecule is CCCCO[C@]1(c2cc(CC)ccc2C)CC[C@@H](OS(=O)(=O)c2ccc(C)cc2)CC1. The highest BCUT2D eigenvalue weighted by Gasteiger charge is 2.40. The van der Waals surface area contributed by atoms with Gasteiger partial charge in [-0.25, -0.2) is 0 Å². The lowest BCUT2D eigenvalue weighted by atomic mass is 9.76. The standard InChI is InChI=1S/C26H36O4S/c1-5-7-18-29-26(25-19-22(6-2)11-10-21(25)4)16-14-23(15-17-26)30-31(27,28)24-12-8-20(3)9-13-24/h8-13,19,23H,5-7,14-18H2,1-4H3/t23-,26-. The van der Waals surface area contributed by atoms with Gasteiger partial charge in [0.1, 0.15) is 0 Å². The molecule has 0 heterocycles. The Hall–Kier alpha value is -1.69. The van der Waals surface area contributed by atoms with Crippen molar-refractivity contribution in [2.24, 2.45) is 0 Å². The van der Waals surface area contributed by atoms with Crippen molar-refractivity contribution in [1.82, 2.24) is 0 Å². The molecule has 5 heteroatoms. The second-order valence-electron chi connectivity index (χ2n) is 8.76. The van der Waals surface area contributed by atoms with Crippen molar-refractivity contribution in [1.29, 1.82) is 0 Å². The number of aryl methyl sites for hydroxylation is 3. The van der Waals surface area contributed by atoms with Gasteiger partial charge in [0.15, 0.2) is 0 Å². The third-order valence-corrected chi connectivity index (χ3v) is 7.77. The van der Waals surface area contributed by atoms with Crippen molar-refractivity contribution < 1.29 is 17.3 Å². The summed E-state index contributed by atoms with van der Waals surface area (Å²) in [4.78, 5) is 0.223. The lowest BCUT2D eigenvalue weighted by Gasteiger charge is -2.41. The maximum atomic E-state index is 12.7. The summed E-state index contributed by atoms with van der Waals surface area (Å²) in [6, 6.07) is 13.5. The molecule has 2 aromatic rings. The van der Waals surface area contributed by atoms with Crippen molar-refractivity contribution in [3.8, 4) is 0 Å². The molecule has 1 saturated carbocycles. The van der Waals surface area contributed by atoms with Crippen molar-refractivity contribution in [3.05, 3.63) is 64.7 Å². The minimum absolute atomic E-state index is 0.223. The molecular formula is C26H36O4S. The molecule has 4 nitrogen and oxygen atoms in total. The van der Waals surface area contributed by atoms with Crippen molar-refractivity contribution in [2.45, 2.75) is 89.2 Å². The quantitative estimate of drug-likeness (QED) is 0.340. The largest absolute Gasteiger partial charge is 0.370 e. The van der Waals surface area contributed by atoms with Crippen molar-refractivity contribution >= 4 is 10.1 Å². The summed E-state index contributed by atoms with van der Waals surface area (Å²) >= 11 is 0. The topological polar surface area (TPSA) is 52.6 Å². The fourth-order valence-corrected chi connectivity index (χ4v) is 5.51. The lowest BCUT2D eigenvalue weighted by Crippen LogP contribution is -2.38. The predicted octanol–water partition coefficient (Wildman–Crippen LogP) is 6.23. The Bertz CT molecular complexity index is 955. The van der Waals surface area contributed by atoms with Crippen LogP contribution in [-0.4, -0.2) is 21.1 Å². The van der Waals surface area contributed by atoms with Crippen molar-refractivity contribution in [2.75, 3.05) is 6.61 Å². The smallest absolute Gasteiger partial charge is 0.297 e. The Balaban J connectivity index is 1.77. The molecule has 0 spiro atoms. The summed E-state index contributed by atoms with van der Waals surface area (Å²) < 4.78 is 37.7. The zero-order chi connectivity index (χ0) is 22.5. The number of benzene rings is 2. The molecule has 0 aromatic heterocycles. The van der Waals surface area contributed by atoms with Gasteiger partial charge in [-0.3, -0.25) is 4.18 Å². The van der Waals surface area contributed by atoms with Crippen LogP contribution in [0.3, 0.4) is 0 Å². The molecule has 0 unspecified atom stereocenters. The molecule has 31 heavy (non-hydrogen) atoms. The van der Waals surface area contributed by atoms with E-state index in [-0.39, 0.29) is 16.6 Å². The molecule has 1 aliphatic rings. The zero-order valence-electron chi connectivity index (χ0n) is 19.3. The third-order valence-electron chi connectivity index (χ3n) is 6.39. The minimum Gasteiger partial charge on any atom is -0.370 e. The van der Waals surface area contributed by atoms with Crippen LogP contribution in [0.15, 0.2) is 47.4 Å². The summed E-state index contributed by atoms with van der Waals surface area (Å²) in [7, 11) is -3.76. The van der Waals surface area contributed by atoms with E-state index in [0.717, 1.165) is 44.3 Å². The molecule has 0 bridgehead atoms. The van der Waals surface area contributed by atoms with E-state index in [9.17, 15) is 8.42 Å². The Kier molecular flexibility index (Phi) is 7.95. The van der Waals surface area contributed by atoms with Gasteiger partial charge in [0.05, 0.1) is 16.6 Å². The van der Waals surface area contributed by atoms with Crippen LogP contribution in [-0.2, 0) is 31.1 Å². The summed E-state index contributed by atoms with van der Waals surface area (Å²) in [5, 5.41) is 0. The maximum absolute atomic E-state index is 12.7. The van der Waals surface area contributed by atoms with Crippen LogP contribution in [0, 0.1) is 13.8 Å². The summed E-state index contributed by atoms with van der Waals surface area (Å²) in [5.41, 5.74) is 4.45. The number of hydrogen-bond acceptors (Lipinski definition) is 4. The van der Waals surface area contributed by atoms with Gasteiger partial charge in [-0.05, 0) is 81.2 Å². The second-order valence-corrected chi connectivity index (χ2v) is 10.3. The van der Waals surface area contributed by atoms with E-state index >= 15 is 0 Å². The van der Waals surface area contributed by atoms with Gasteiger partial charge in [-0.15, -0.1) is 0 Å². The van der Waals surface area contributed by atoms with E-state index < -0.39 is 10.1 Å². The predicted molar refractivity (Wildman–Crippen MR) is 125 cm³/mol. The average molecular weight is 445 g/mol. The third kappa shape index (κ3) is 5.76. The van der Waals surface area contributed by atoms with Crippen LogP contribution < -0.4 is 0 Å². The molecule has 0 atom stereocenters. The van der Waals surface area contributed by atoms with Gasteiger partial charge in [0.25, 0.3) is 10.1 Å². The van der Waals surface area contributed by atoms with E-state index in [0.29, 0.717) is 12.8 Å². The molecule has 1 fully saturated rings. The average Bonchev–Trinajstić information content (AvgIpc) is 2.76. The van der Waals surface area contributed by atoms with Gasteiger partial charge in [-0.1, -0.05) is 56.2 Å². The molecule has 0 aliphatic heterocycles. The fourth-order valence-electron chi connectivity index (χ4n) is 4.38. The van der Waals surface area contributed by atoms with Crippen LogP contribution in [0.1, 0.15) is 74.6 Å². The molecule has 170 valence electrons. The highest BCUT2D eigenvalue weighted by molar-refractivity contribution is 7.86. The van der Waals surface area contributed by atoms with E-state index in [4.69, 9.17) is 8.92 Å². The van der Waals surface area contributed by atoms with E-state index in [2.05, 4.69) is 39.0 Å². The van der Waals surface area contributed by atoms with Crippen LogP contribution in [0.25, 0.3) is 0 Å².